The van der Waals surface area contributed by atoms with Crippen LogP contribution in [0.4, 0.5) is 0 Å². The van der Waals surface area contributed by atoms with Crippen molar-refractivity contribution in [3.8, 4) is 11.1 Å². The van der Waals surface area contributed by atoms with Crippen LogP contribution in [0.3, 0.4) is 0 Å². The Balaban J connectivity index is 2.53. The van der Waals surface area contributed by atoms with Gasteiger partial charge in [-0.2, -0.15) is 0 Å². The van der Waals surface area contributed by atoms with Crippen LogP contribution in [-0.4, -0.2) is 0 Å². The Bertz CT molecular complexity index is 427. The molecule has 0 saturated carbocycles. The molecule has 2 aromatic carbocycles. The van der Waals surface area contributed by atoms with E-state index in [-0.39, 0.29) is 0 Å². The summed E-state index contributed by atoms with van der Waals surface area (Å²) in [5, 5.41) is 0. The first-order valence-electron chi connectivity index (χ1n) is 4.81. The van der Waals surface area contributed by atoms with E-state index in [0.29, 0.717) is 0 Å². The summed E-state index contributed by atoms with van der Waals surface area (Å²) < 4.78 is 0. The molecule has 69 valence electrons. The highest BCUT2D eigenvalue weighted by molar-refractivity contribution is 5.67. The standard InChI is InChI=1S/C14H13/c1-11-8-9-14(12(2)10-11)13-6-4-3-5-7-13/h3-4,6-10H,1-2H3. The summed E-state index contributed by atoms with van der Waals surface area (Å²) in [6, 6.07) is 17.7. The van der Waals surface area contributed by atoms with Crippen LogP contribution in [-0.2, 0) is 0 Å². The van der Waals surface area contributed by atoms with Crippen LogP contribution in [0.15, 0.2) is 42.5 Å². The molecule has 0 aliphatic rings. The van der Waals surface area contributed by atoms with Gasteiger partial charge in [-0.15, -0.1) is 0 Å². The maximum Gasteiger partial charge on any atom is -0.0154 e. The minimum absolute atomic E-state index is 1.24. The fourth-order valence-electron chi connectivity index (χ4n) is 1.70. The average Bonchev–Trinajstić information content (AvgIpc) is 2.19. The molecule has 0 saturated heterocycles. The maximum atomic E-state index is 3.10. The van der Waals surface area contributed by atoms with Crippen molar-refractivity contribution < 1.29 is 0 Å². The number of hydrogen-bond donors (Lipinski definition) is 0. The molecule has 0 heterocycles. The number of aryl methyl sites for hydroxylation is 2. The van der Waals surface area contributed by atoms with Gasteiger partial charge >= 0.3 is 0 Å². The van der Waals surface area contributed by atoms with Gasteiger partial charge in [-0.25, -0.2) is 0 Å². The average molecular weight is 181 g/mol. The molecule has 0 bridgehead atoms. The van der Waals surface area contributed by atoms with E-state index in [1.165, 1.54) is 22.3 Å². The normalized spacial score (nSPS) is 10.1. The van der Waals surface area contributed by atoms with Crippen LogP contribution < -0.4 is 0 Å². The summed E-state index contributed by atoms with van der Waals surface area (Å²) in [5.74, 6) is 0. The van der Waals surface area contributed by atoms with Crippen molar-refractivity contribution in [3.05, 3.63) is 59.7 Å². The Kier molecular flexibility index (Phi) is 2.36. The van der Waals surface area contributed by atoms with Crippen molar-refractivity contribution in [2.45, 2.75) is 13.8 Å². The Hall–Kier alpha value is -1.56. The highest BCUT2D eigenvalue weighted by Crippen LogP contribution is 2.23. The predicted molar refractivity (Wildman–Crippen MR) is 60.2 cm³/mol. The molecule has 0 spiro atoms. The Morgan fingerprint density at radius 2 is 1.93 bits per heavy atom. The summed E-state index contributed by atoms with van der Waals surface area (Å²) in [7, 11) is 0. The summed E-state index contributed by atoms with van der Waals surface area (Å²) in [5.41, 5.74) is 5.17. The van der Waals surface area contributed by atoms with Crippen molar-refractivity contribution in [2.75, 3.05) is 0 Å². The van der Waals surface area contributed by atoms with E-state index in [2.05, 4.69) is 44.2 Å². The van der Waals surface area contributed by atoms with Crippen molar-refractivity contribution >= 4 is 0 Å². The van der Waals surface area contributed by atoms with Gasteiger partial charge in [0.05, 0.1) is 0 Å². The second-order valence-corrected chi connectivity index (χ2v) is 3.61. The van der Waals surface area contributed by atoms with Crippen molar-refractivity contribution in [2.24, 2.45) is 0 Å². The van der Waals surface area contributed by atoms with Gasteiger partial charge in [-0.1, -0.05) is 42.0 Å². The lowest BCUT2D eigenvalue weighted by Crippen LogP contribution is -1.83. The van der Waals surface area contributed by atoms with E-state index in [4.69, 9.17) is 0 Å². The summed E-state index contributed by atoms with van der Waals surface area (Å²) in [6.07, 6.45) is 0. The van der Waals surface area contributed by atoms with Crippen LogP contribution >= 0.6 is 0 Å². The molecular weight excluding hydrogens is 168 g/mol. The molecule has 0 nitrogen and oxygen atoms in total. The molecule has 0 amide bonds. The van der Waals surface area contributed by atoms with Crippen LogP contribution in [0, 0.1) is 19.9 Å². The molecule has 2 aromatic rings. The fourth-order valence-corrected chi connectivity index (χ4v) is 1.70. The molecule has 0 aliphatic carbocycles. The minimum Gasteiger partial charge on any atom is -0.0610 e. The topological polar surface area (TPSA) is 0 Å². The number of rotatable bonds is 1. The van der Waals surface area contributed by atoms with E-state index in [0.717, 1.165) is 0 Å². The molecular formula is C14H13. The van der Waals surface area contributed by atoms with E-state index in [9.17, 15) is 0 Å². The third-order valence-electron chi connectivity index (χ3n) is 2.40. The van der Waals surface area contributed by atoms with Crippen LogP contribution in [0.25, 0.3) is 11.1 Å². The monoisotopic (exact) mass is 181 g/mol. The largest absolute Gasteiger partial charge is 0.0610 e. The molecule has 0 atom stereocenters. The Labute approximate surface area is 85.2 Å². The molecule has 14 heavy (non-hydrogen) atoms. The quantitative estimate of drug-likeness (QED) is 0.628. The van der Waals surface area contributed by atoms with Gasteiger partial charge in [0.15, 0.2) is 0 Å². The lowest BCUT2D eigenvalue weighted by atomic mass is 9.99. The first-order valence-corrected chi connectivity index (χ1v) is 4.81. The predicted octanol–water partition coefficient (Wildman–Crippen LogP) is 3.77. The third-order valence-corrected chi connectivity index (χ3v) is 2.40. The zero-order valence-corrected chi connectivity index (χ0v) is 8.54. The SMILES string of the molecule is Cc1ccc(-c2c[c]ccc2)c(C)c1. The highest BCUT2D eigenvalue weighted by Gasteiger charge is 2.00. The van der Waals surface area contributed by atoms with E-state index >= 15 is 0 Å². The first-order chi connectivity index (χ1) is 6.77. The number of benzene rings is 2. The van der Waals surface area contributed by atoms with Crippen LogP contribution in [0.5, 0.6) is 0 Å². The third kappa shape index (κ3) is 1.69. The maximum absolute atomic E-state index is 3.10. The van der Waals surface area contributed by atoms with E-state index in [1.54, 1.807) is 0 Å². The van der Waals surface area contributed by atoms with Crippen LogP contribution in [0.1, 0.15) is 11.1 Å². The van der Waals surface area contributed by atoms with Crippen molar-refractivity contribution in [1.29, 1.82) is 0 Å². The molecule has 1 radical (unpaired) electrons. The first kappa shape index (κ1) is 9.01. The summed E-state index contributed by atoms with van der Waals surface area (Å²) in [6.45, 7) is 4.27. The molecule has 0 aromatic heterocycles. The van der Waals surface area contributed by atoms with Gasteiger partial charge in [-0.3, -0.25) is 0 Å². The minimum atomic E-state index is 1.24. The lowest BCUT2D eigenvalue weighted by molar-refractivity contribution is 1.38. The fraction of sp³-hybridized carbons (Fsp3) is 0.143. The van der Waals surface area contributed by atoms with Gasteiger partial charge in [0, 0.05) is 0 Å². The second kappa shape index (κ2) is 3.67. The number of hydrogen-bond acceptors (Lipinski definition) is 0. The Morgan fingerprint density at radius 3 is 2.57 bits per heavy atom. The zero-order valence-electron chi connectivity index (χ0n) is 8.54. The molecule has 2 rings (SSSR count). The molecule has 0 heteroatoms. The molecule has 0 N–H and O–H groups in total. The van der Waals surface area contributed by atoms with Gasteiger partial charge in [-0.05, 0) is 42.7 Å². The molecule has 0 unspecified atom stereocenters. The van der Waals surface area contributed by atoms with Crippen molar-refractivity contribution in [1.82, 2.24) is 0 Å². The smallest absolute Gasteiger partial charge is 0.0154 e. The lowest BCUT2D eigenvalue weighted by Gasteiger charge is -2.06. The van der Waals surface area contributed by atoms with Crippen LogP contribution in [0.2, 0.25) is 0 Å². The summed E-state index contributed by atoms with van der Waals surface area (Å²) in [4.78, 5) is 0. The van der Waals surface area contributed by atoms with Gasteiger partial charge in [0.1, 0.15) is 0 Å². The Morgan fingerprint density at radius 1 is 1.07 bits per heavy atom. The molecule has 0 aliphatic heterocycles. The van der Waals surface area contributed by atoms with Gasteiger partial charge in [0.2, 0.25) is 0 Å². The van der Waals surface area contributed by atoms with Crippen molar-refractivity contribution in [3.63, 3.8) is 0 Å². The summed E-state index contributed by atoms with van der Waals surface area (Å²) >= 11 is 0. The van der Waals surface area contributed by atoms with E-state index < -0.39 is 0 Å². The zero-order chi connectivity index (χ0) is 9.97. The highest BCUT2D eigenvalue weighted by atomic mass is 14.0. The molecule has 0 fully saturated rings. The van der Waals surface area contributed by atoms with E-state index in [1.807, 2.05) is 18.2 Å². The van der Waals surface area contributed by atoms with Gasteiger partial charge in [0.25, 0.3) is 0 Å². The second-order valence-electron chi connectivity index (χ2n) is 3.61. The van der Waals surface area contributed by atoms with Gasteiger partial charge < -0.3 is 0 Å².